The van der Waals surface area contributed by atoms with Crippen LogP contribution >= 0.6 is 0 Å². The van der Waals surface area contributed by atoms with Crippen molar-refractivity contribution in [2.24, 2.45) is 0 Å². The lowest BCUT2D eigenvalue weighted by molar-refractivity contribution is 0.0603. The van der Waals surface area contributed by atoms with Crippen molar-refractivity contribution in [3.63, 3.8) is 0 Å². The lowest BCUT2D eigenvalue weighted by Crippen LogP contribution is -2.03. The van der Waals surface area contributed by atoms with Crippen LogP contribution in [0.3, 0.4) is 0 Å². The Morgan fingerprint density at radius 2 is 1.57 bits per heavy atom. The SMILES string of the molecule is COC(=O)c1cc2c(c(=O)c3c1[nH]c1ccccc13)c1ccccc1n2Cc1ccc(OC)cc1. The van der Waals surface area contributed by atoms with Gasteiger partial charge in [-0.3, -0.25) is 4.79 Å². The molecule has 35 heavy (non-hydrogen) atoms. The largest absolute Gasteiger partial charge is 0.497 e. The molecule has 0 saturated heterocycles. The van der Waals surface area contributed by atoms with Crippen molar-refractivity contribution in [2.45, 2.75) is 6.54 Å². The van der Waals surface area contributed by atoms with Crippen LogP contribution in [0.4, 0.5) is 0 Å². The number of aromatic nitrogens is 2. The number of carbonyl (C=O) groups is 1. The summed E-state index contributed by atoms with van der Waals surface area (Å²) in [6, 6.07) is 25.1. The second-order valence-electron chi connectivity index (χ2n) is 8.51. The van der Waals surface area contributed by atoms with Crippen molar-refractivity contribution in [1.29, 1.82) is 0 Å². The monoisotopic (exact) mass is 462 g/mol. The molecule has 1 N–H and O–H groups in total. The van der Waals surface area contributed by atoms with E-state index in [4.69, 9.17) is 9.47 Å². The van der Waals surface area contributed by atoms with E-state index in [9.17, 15) is 9.59 Å². The third kappa shape index (κ3) is 3.18. The van der Waals surface area contributed by atoms with Gasteiger partial charge in [-0.05, 0) is 35.9 Å². The van der Waals surface area contributed by atoms with E-state index in [0.717, 1.165) is 33.1 Å². The highest BCUT2D eigenvalue weighted by atomic mass is 16.5. The summed E-state index contributed by atoms with van der Waals surface area (Å²) >= 11 is 0. The molecule has 0 fully saturated rings. The minimum absolute atomic E-state index is 0.118. The molecule has 0 aliphatic rings. The van der Waals surface area contributed by atoms with Crippen molar-refractivity contribution in [3.8, 4) is 5.75 Å². The van der Waals surface area contributed by atoms with Gasteiger partial charge in [0.05, 0.1) is 41.6 Å². The molecule has 2 heterocycles. The smallest absolute Gasteiger partial charge is 0.340 e. The lowest BCUT2D eigenvalue weighted by Gasteiger charge is -2.09. The van der Waals surface area contributed by atoms with E-state index in [1.165, 1.54) is 7.11 Å². The fourth-order valence-corrected chi connectivity index (χ4v) is 4.98. The maximum Gasteiger partial charge on any atom is 0.340 e. The van der Waals surface area contributed by atoms with Gasteiger partial charge in [-0.2, -0.15) is 0 Å². The van der Waals surface area contributed by atoms with Crippen LogP contribution in [0.2, 0.25) is 0 Å². The first-order valence-electron chi connectivity index (χ1n) is 11.3. The number of nitrogens with zero attached hydrogens (tertiary/aromatic N) is 1. The lowest BCUT2D eigenvalue weighted by atomic mass is 10.1. The Morgan fingerprint density at radius 3 is 2.31 bits per heavy atom. The molecular formula is C29H22N2O4. The molecule has 2 aromatic heterocycles. The van der Waals surface area contributed by atoms with E-state index in [2.05, 4.69) is 9.55 Å². The number of benzene rings is 3. The summed E-state index contributed by atoms with van der Waals surface area (Å²) in [5.41, 5.74) is 4.14. The predicted octanol–water partition coefficient (Wildman–Crippen LogP) is 5.63. The summed E-state index contributed by atoms with van der Waals surface area (Å²) in [4.78, 5) is 30.5. The van der Waals surface area contributed by atoms with Crippen LogP contribution in [0.15, 0.2) is 83.7 Å². The molecule has 0 unspecified atom stereocenters. The summed E-state index contributed by atoms with van der Waals surface area (Å²) in [5, 5.41) is 2.70. The van der Waals surface area contributed by atoms with E-state index in [1.54, 1.807) is 13.2 Å². The van der Waals surface area contributed by atoms with Crippen molar-refractivity contribution in [1.82, 2.24) is 9.55 Å². The predicted molar refractivity (Wildman–Crippen MR) is 139 cm³/mol. The molecular weight excluding hydrogens is 440 g/mol. The second kappa shape index (κ2) is 8.02. The van der Waals surface area contributed by atoms with Crippen molar-refractivity contribution in [3.05, 3.63) is 100 Å². The highest BCUT2D eigenvalue weighted by Crippen LogP contribution is 2.32. The Balaban J connectivity index is 1.78. The third-order valence-corrected chi connectivity index (χ3v) is 6.63. The number of methoxy groups -OCH3 is 2. The zero-order chi connectivity index (χ0) is 24.1. The average Bonchev–Trinajstić information content (AvgIpc) is 3.39. The number of aromatic amines is 1. The van der Waals surface area contributed by atoms with Crippen molar-refractivity contribution in [2.75, 3.05) is 14.2 Å². The molecule has 6 heteroatoms. The van der Waals surface area contributed by atoms with Crippen LogP contribution in [-0.2, 0) is 11.3 Å². The second-order valence-corrected chi connectivity index (χ2v) is 8.51. The number of ether oxygens (including phenoxy) is 2. The molecule has 6 nitrogen and oxygen atoms in total. The minimum Gasteiger partial charge on any atom is -0.497 e. The van der Waals surface area contributed by atoms with Crippen LogP contribution in [0.5, 0.6) is 5.75 Å². The van der Waals surface area contributed by atoms with Gasteiger partial charge < -0.3 is 19.0 Å². The number of fused-ring (bicyclic) bond motifs is 6. The van der Waals surface area contributed by atoms with Gasteiger partial charge in [-0.1, -0.05) is 48.5 Å². The molecule has 6 rings (SSSR count). The Morgan fingerprint density at radius 1 is 0.857 bits per heavy atom. The van der Waals surface area contributed by atoms with Gasteiger partial charge in [0.1, 0.15) is 5.75 Å². The zero-order valence-electron chi connectivity index (χ0n) is 19.3. The van der Waals surface area contributed by atoms with E-state index in [0.29, 0.717) is 33.9 Å². The topological polar surface area (TPSA) is 73.3 Å². The number of para-hydroxylation sites is 2. The average molecular weight is 463 g/mol. The Labute approximate surface area is 200 Å². The molecule has 0 spiro atoms. The Bertz CT molecular complexity index is 1830. The number of hydrogen-bond donors (Lipinski definition) is 1. The Kier molecular flexibility index (Phi) is 4.81. The number of H-pyrrole nitrogens is 1. The molecule has 0 amide bonds. The first-order chi connectivity index (χ1) is 17.1. The van der Waals surface area contributed by atoms with Gasteiger partial charge >= 0.3 is 5.97 Å². The summed E-state index contributed by atoms with van der Waals surface area (Å²) in [5.74, 6) is 0.276. The van der Waals surface area contributed by atoms with Gasteiger partial charge in [0, 0.05) is 28.4 Å². The third-order valence-electron chi connectivity index (χ3n) is 6.63. The number of carbonyl (C=O) groups excluding carboxylic acids is 1. The maximum absolute atomic E-state index is 14.2. The van der Waals surface area contributed by atoms with Crippen LogP contribution in [-0.4, -0.2) is 29.7 Å². The summed E-state index contributed by atoms with van der Waals surface area (Å²) in [7, 11) is 2.99. The molecule has 0 saturated carbocycles. The number of nitrogens with one attached hydrogen (secondary N) is 1. The van der Waals surface area contributed by atoms with E-state index < -0.39 is 5.97 Å². The minimum atomic E-state index is -0.500. The highest BCUT2D eigenvalue weighted by Gasteiger charge is 2.22. The first kappa shape index (κ1) is 21.0. The first-order valence-corrected chi connectivity index (χ1v) is 11.3. The molecule has 0 aliphatic heterocycles. The van der Waals surface area contributed by atoms with Crippen LogP contribution in [0, 0.1) is 0 Å². The maximum atomic E-state index is 14.2. The summed E-state index contributed by atoms with van der Waals surface area (Å²) < 4.78 is 12.5. The van der Waals surface area contributed by atoms with E-state index >= 15 is 0 Å². The normalized spacial score (nSPS) is 11.5. The molecule has 0 atom stereocenters. The highest BCUT2D eigenvalue weighted by molar-refractivity contribution is 6.19. The molecule has 6 aromatic rings. The number of esters is 1. The van der Waals surface area contributed by atoms with E-state index in [-0.39, 0.29) is 5.43 Å². The number of rotatable bonds is 4. The van der Waals surface area contributed by atoms with Gasteiger partial charge in [-0.25, -0.2) is 4.79 Å². The van der Waals surface area contributed by atoms with Crippen molar-refractivity contribution < 1.29 is 14.3 Å². The molecule has 0 aliphatic carbocycles. The quantitative estimate of drug-likeness (QED) is 0.345. The molecule has 0 radical (unpaired) electrons. The van der Waals surface area contributed by atoms with Crippen LogP contribution in [0.1, 0.15) is 15.9 Å². The zero-order valence-corrected chi connectivity index (χ0v) is 19.3. The standard InChI is InChI=1S/C29H22N2O4/c1-34-18-13-11-17(12-14-18)16-31-23-10-6-4-8-20(23)25-24(31)15-21(29(33)35-2)27-26(28(25)32)19-7-3-5-9-22(19)30-27/h3-15,30H,16H2,1-2H3. The van der Waals surface area contributed by atoms with Gasteiger partial charge in [0.15, 0.2) is 5.43 Å². The van der Waals surface area contributed by atoms with Gasteiger partial charge in [-0.15, -0.1) is 0 Å². The van der Waals surface area contributed by atoms with E-state index in [1.807, 2.05) is 72.8 Å². The molecule has 0 bridgehead atoms. The fourth-order valence-electron chi connectivity index (χ4n) is 4.98. The van der Waals surface area contributed by atoms with Gasteiger partial charge in [0.2, 0.25) is 0 Å². The van der Waals surface area contributed by atoms with Crippen LogP contribution in [0.25, 0.3) is 43.6 Å². The van der Waals surface area contributed by atoms with Gasteiger partial charge in [0.25, 0.3) is 0 Å². The summed E-state index contributed by atoms with van der Waals surface area (Å²) in [6.45, 7) is 0.521. The molecule has 4 aromatic carbocycles. The Hall–Kier alpha value is -4.58. The summed E-state index contributed by atoms with van der Waals surface area (Å²) in [6.07, 6.45) is 0. The van der Waals surface area contributed by atoms with Crippen LogP contribution < -0.4 is 10.2 Å². The number of hydrogen-bond acceptors (Lipinski definition) is 4. The fraction of sp³-hybridized carbons (Fsp3) is 0.103. The van der Waals surface area contributed by atoms with Crippen molar-refractivity contribution >= 4 is 49.6 Å². The molecule has 172 valence electrons.